The van der Waals surface area contributed by atoms with Crippen LogP contribution in [0.4, 0.5) is 0 Å². The molecular formula is C21H20O2. The van der Waals surface area contributed by atoms with Gasteiger partial charge in [0.05, 0.1) is 0 Å². The van der Waals surface area contributed by atoms with E-state index in [-0.39, 0.29) is 0 Å². The van der Waals surface area contributed by atoms with Crippen LogP contribution in [0.5, 0.6) is 23.0 Å². The van der Waals surface area contributed by atoms with Crippen LogP contribution in [0.3, 0.4) is 0 Å². The van der Waals surface area contributed by atoms with Gasteiger partial charge in [-0.1, -0.05) is 36.4 Å². The Balaban J connectivity index is 1.93. The lowest BCUT2D eigenvalue weighted by molar-refractivity contribution is 0.416. The first-order chi connectivity index (χ1) is 11.1. The number of hydrogen-bond acceptors (Lipinski definition) is 2. The third kappa shape index (κ3) is 3.72. The molecule has 3 aromatic rings. The molecule has 2 nitrogen and oxygen atoms in total. The standard InChI is InChI=1S/C21H20O2/c1-15-7-4-10-18(13-15)22-20-12-6-9-17(3)21(20)23-19-11-5-8-16(2)14-19/h4-14H,1-3H3. The van der Waals surface area contributed by atoms with Crippen LogP contribution in [-0.4, -0.2) is 0 Å². The Labute approximate surface area is 137 Å². The van der Waals surface area contributed by atoms with Crippen LogP contribution in [0.15, 0.2) is 66.7 Å². The van der Waals surface area contributed by atoms with E-state index in [0.29, 0.717) is 0 Å². The molecule has 0 bridgehead atoms. The molecule has 0 radical (unpaired) electrons. The maximum atomic E-state index is 6.10. The second-order valence-electron chi connectivity index (χ2n) is 5.74. The van der Waals surface area contributed by atoms with E-state index >= 15 is 0 Å². The highest BCUT2D eigenvalue weighted by Crippen LogP contribution is 2.37. The normalized spacial score (nSPS) is 10.4. The smallest absolute Gasteiger partial charge is 0.172 e. The second kappa shape index (κ2) is 6.57. The maximum absolute atomic E-state index is 6.10. The third-order valence-corrected chi connectivity index (χ3v) is 3.60. The molecule has 0 saturated heterocycles. The van der Waals surface area contributed by atoms with Gasteiger partial charge in [0.2, 0.25) is 0 Å². The van der Waals surface area contributed by atoms with E-state index in [4.69, 9.17) is 9.47 Å². The Bertz CT molecular complexity index is 822. The summed E-state index contributed by atoms with van der Waals surface area (Å²) in [5.41, 5.74) is 3.37. The fraction of sp³-hybridized carbons (Fsp3) is 0.143. The number of ether oxygens (including phenoxy) is 2. The summed E-state index contributed by atoms with van der Waals surface area (Å²) in [5, 5.41) is 0. The molecule has 0 aliphatic carbocycles. The number of rotatable bonds is 4. The monoisotopic (exact) mass is 304 g/mol. The predicted octanol–water partition coefficient (Wildman–Crippen LogP) is 6.20. The Hall–Kier alpha value is -2.74. The highest BCUT2D eigenvalue weighted by atomic mass is 16.5. The van der Waals surface area contributed by atoms with Crippen LogP contribution in [-0.2, 0) is 0 Å². The van der Waals surface area contributed by atoms with Crippen LogP contribution >= 0.6 is 0 Å². The summed E-state index contributed by atoms with van der Waals surface area (Å²) in [5.74, 6) is 3.09. The van der Waals surface area contributed by atoms with Crippen molar-refractivity contribution in [2.24, 2.45) is 0 Å². The highest BCUT2D eigenvalue weighted by molar-refractivity contribution is 5.50. The first-order valence-corrected chi connectivity index (χ1v) is 7.70. The molecule has 0 heterocycles. The van der Waals surface area contributed by atoms with E-state index in [1.165, 1.54) is 0 Å². The molecule has 0 saturated carbocycles. The van der Waals surface area contributed by atoms with Gasteiger partial charge in [-0.25, -0.2) is 0 Å². The SMILES string of the molecule is Cc1cccc(Oc2cccc(C)c2Oc2cccc(C)c2)c1. The Morgan fingerprint density at radius 2 is 1.17 bits per heavy atom. The van der Waals surface area contributed by atoms with Crippen LogP contribution < -0.4 is 9.47 Å². The summed E-state index contributed by atoms with van der Waals surface area (Å²) in [6.07, 6.45) is 0. The number of hydrogen-bond donors (Lipinski definition) is 0. The van der Waals surface area contributed by atoms with Crippen LogP contribution in [0.25, 0.3) is 0 Å². The second-order valence-corrected chi connectivity index (χ2v) is 5.74. The molecule has 116 valence electrons. The molecule has 0 spiro atoms. The van der Waals surface area contributed by atoms with Crippen LogP contribution in [0, 0.1) is 20.8 Å². The number of benzene rings is 3. The van der Waals surface area contributed by atoms with Gasteiger partial charge in [0.1, 0.15) is 11.5 Å². The molecule has 0 fully saturated rings. The van der Waals surface area contributed by atoms with Crippen molar-refractivity contribution in [2.75, 3.05) is 0 Å². The molecule has 0 amide bonds. The van der Waals surface area contributed by atoms with Crippen molar-refractivity contribution in [3.63, 3.8) is 0 Å². The molecule has 3 rings (SSSR count). The molecule has 2 heteroatoms. The minimum absolute atomic E-state index is 0.720. The lowest BCUT2D eigenvalue weighted by atomic mass is 10.2. The summed E-state index contributed by atoms with van der Waals surface area (Å²) >= 11 is 0. The van der Waals surface area contributed by atoms with Gasteiger partial charge in [-0.3, -0.25) is 0 Å². The zero-order valence-corrected chi connectivity index (χ0v) is 13.7. The van der Waals surface area contributed by atoms with Crippen LogP contribution in [0.2, 0.25) is 0 Å². The molecule has 0 unspecified atom stereocenters. The molecule has 0 N–H and O–H groups in total. The van der Waals surface area contributed by atoms with E-state index < -0.39 is 0 Å². The predicted molar refractivity (Wildman–Crippen MR) is 93.7 cm³/mol. The highest BCUT2D eigenvalue weighted by Gasteiger charge is 2.11. The van der Waals surface area contributed by atoms with Gasteiger partial charge in [0.15, 0.2) is 11.5 Å². The zero-order valence-electron chi connectivity index (χ0n) is 13.7. The average molecular weight is 304 g/mol. The topological polar surface area (TPSA) is 18.5 Å². The van der Waals surface area contributed by atoms with Crippen molar-refractivity contribution in [3.8, 4) is 23.0 Å². The molecule has 0 aromatic heterocycles. The zero-order chi connectivity index (χ0) is 16.2. The Morgan fingerprint density at radius 1 is 0.609 bits per heavy atom. The van der Waals surface area contributed by atoms with Crippen molar-refractivity contribution >= 4 is 0 Å². The summed E-state index contributed by atoms with van der Waals surface area (Å²) in [7, 11) is 0. The van der Waals surface area contributed by atoms with Crippen molar-refractivity contribution in [1.82, 2.24) is 0 Å². The first kappa shape index (κ1) is 15.2. The minimum Gasteiger partial charge on any atom is -0.453 e. The van der Waals surface area contributed by atoms with Crippen LogP contribution in [0.1, 0.15) is 16.7 Å². The third-order valence-electron chi connectivity index (χ3n) is 3.60. The van der Waals surface area contributed by atoms with E-state index in [9.17, 15) is 0 Å². The quantitative estimate of drug-likeness (QED) is 0.571. The molecular weight excluding hydrogens is 284 g/mol. The largest absolute Gasteiger partial charge is 0.453 e. The molecule has 0 aliphatic rings. The minimum atomic E-state index is 0.720. The molecule has 0 atom stereocenters. The van der Waals surface area contributed by atoms with Gasteiger partial charge in [0.25, 0.3) is 0 Å². The van der Waals surface area contributed by atoms with Gasteiger partial charge < -0.3 is 9.47 Å². The van der Waals surface area contributed by atoms with Gasteiger partial charge in [-0.15, -0.1) is 0 Å². The lowest BCUT2D eigenvalue weighted by Gasteiger charge is -2.15. The van der Waals surface area contributed by atoms with Crippen molar-refractivity contribution in [3.05, 3.63) is 83.4 Å². The first-order valence-electron chi connectivity index (χ1n) is 7.70. The molecule has 0 aliphatic heterocycles. The van der Waals surface area contributed by atoms with Gasteiger partial charge in [-0.2, -0.15) is 0 Å². The summed E-state index contributed by atoms with van der Waals surface area (Å²) in [4.78, 5) is 0. The summed E-state index contributed by atoms with van der Waals surface area (Å²) < 4.78 is 12.1. The van der Waals surface area contributed by atoms with E-state index in [1.807, 2.05) is 74.5 Å². The Kier molecular flexibility index (Phi) is 4.33. The molecule has 3 aromatic carbocycles. The fourth-order valence-corrected chi connectivity index (χ4v) is 2.44. The van der Waals surface area contributed by atoms with Crippen molar-refractivity contribution in [1.29, 1.82) is 0 Å². The van der Waals surface area contributed by atoms with Crippen molar-refractivity contribution < 1.29 is 9.47 Å². The summed E-state index contributed by atoms with van der Waals surface area (Å²) in [6, 6.07) is 21.9. The van der Waals surface area contributed by atoms with Gasteiger partial charge in [-0.05, 0) is 67.8 Å². The maximum Gasteiger partial charge on any atom is 0.172 e. The van der Waals surface area contributed by atoms with E-state index in [0.717, 1.165) is 39.7 Å². The summed E-state index contributed by atoms with van der Waals surface area (Å²) in [6.45, 7) is 6.12. The average Bonchev–Trinajstić information content (AvgIpc) is 2.51. The van der Waals surface area contributed by atoms with E-state index in [1.54, 1.807) is 0 Å². The molecule has 23 heavy (non-hydrogen) atoms. The van der Waals surface area contributed by atoms with Gasteiger partial charge in [0, 0.05) is 0 Å². The van der Waals surface area contributed by atoms with E-state index in [2.05, 4.69) is 13.0 Å². The Morgan fingerprint density at radius 3 is 1.78 bits per heavy atom. The fourth-order valence-electron chi connectivity index (χ4n) is 2.44. The number of aryl methyl sites for hydroxylation is 3. The van der Waals surface area contributed by atoms with Crippen molar-refractivity contribution in [2.45, 2.75) is 20.8 Å². The lowest BCUT2D eigenvalue weighted by Crippen LogP contribution is -1.93. The van der Waals surface area contributed by atoms with Gasteiger partial charge >= 0.3 is 0 Å². The number of para-hydroxylation sites is 1.